The van der Waals surface area contributed by atoms with Gasteiger partial charge in [0.25, 0.3) is 0 Å². The quantitative estimate of drug-likeness (QED) is 0.553. The lowest BCUT2D eigenvalue weighted by Crippen LogP contribution is -2.14. The van der Waals surface area contributed by atoms with Crippen LogP contribution in [0.25, 0.3) is 0 Å². The fourth-order valence-corrected chi connectivity index (χ4v) is 2.13. The van der Waals surface area contributed by atoms with Crippen molar-refractivity contribution in [2.45, 2.75) is 19.8 Å². The van der Waals surface area contributed by atoms with E-state index in [0.29, 0.717) is 6.61 Å². The second-order valence-corrected chi connectivity index (χ2v) is 5.09. The summed E-state index contributed by atoms with van der Waals surface area (Å²) < 4.78 is 15.9. The second-order valence-electron chi connectivity index (χ2n) is 5.09. The Kier molecular flexibility index (Phi) is 6.48. The summed E-state index contributed by atoms with van der Waals surface area (Å²) in [6.45, 7) is 2.69. The number of ether oxygens (including phenoxy) is 3. The van der Waals surface area contributed by atoms with E-state index in [-0.39, 0.29) is 19.0 Å². The van der Waals surface area contributed by atoms with Crippen molar-refractivity contribution in [2.75, 3.05) is 20.3 Å². The highest BCUT2D eigenvalue weighted by atomic mass is 16.6. The van der Waals surface area contributed by atoms with Gasteiger partial charge in [-0.2, -0.15) is 0 Å². The number of hydrogen-bond donors (Lipinski definition) is 0. The molecule has 4 heteroatoms. The molecule has 0 amide bonds. The first-order valence-electron chi connectivity index (χ1n) is 7.71. The van der Waals surface area contributed by atoms with Crippen molar-refractivity contribution >= 4 is 5.97 Å². The lowest BCUT2D eigenvalue weighted by molar-refractivity contribution is -0.143. The summed E-state index contributed by atoms with van der Waals surface area (Å²) in [6, 6.07) is 15.3. The van der Waals surface area contributed by atoms with Crippen LogP contribution in [0.5, 0.6) is 11.5 Å². The molecule has 0 atom stereocenters. The smallest absolute Gasteiger partial charge is 0.310 e. The van der Waals surface area contributed by atoms with Gasteiger partial charge in [-0.05, 0) is 41.8 Å². The Hall–Kier alpha value is -2.49. The first-order chi connectivity index (χ1) is 11.2. The monoisotopic (exact) mass is 314 g/mol. The molecule has 0 heterocycles. The van der Waals surface area contributed by atoms with Crippen molar-refractivity contribution in [1.29, 1.82) is 0 Å². The second kappa shape index (κ2) is 8.83. The Balaban J connectivity index is 1.69. The summed E-state index contributed by atoms with van der Waals surface area (Å²) in [6.07, 6.45) is 1.21. The van der Waals surface area contributed by atoms with Gasteiger partial charge in [-0.3, -0.25) is 4.79 Å². The molecule has 0 spiro atoms. The lowest BCUT2D eigenvalue weighted by Gasteiger charge is -2.08. The number of esters is 1. The average molecular weight is 314 g/mol. The third kappa shape index (κ3) is 5.66. The maximum Gasteiger partial charge on any atom is 0.310 e. The van der Waals surface area contributed by atoms with Crippen LogP contribution in [0.15, 0.2) is 48.5 Å². The topological polar surface area (TPSA) is 44.8 Å². The standard InChI is InChI=1S/C19H22O4/c1-3-15-5-4-6-18(13-15)22-11-12-23-19(20)14-16-7-9-17(21-2)10-8-16/h4-10,13H,3,11-12,14H2,1-2H3. The maximum atomic E-state index is 11.8. The van der Waals surface area contributed by atoms with E-state index in [9.17, 15) is 4.79 Å². The van der Waals surface area contributed by atoms with E-state index >= 15 is 0 Å². The molecule has 0 aliphatic rings. The molecule has 2 aromatic carbocycles. The SMILES string of the molecule is CCc1cccc(OCCOC(=O)Cc2ccc(OC)cc2)c1. The van der Waals surface area contributed by atoms with Gasteiger partial charge in [0.05, 0.1) is 13.5 Å². The van der Waals surface area contributed by atoms with Gasteiger partial charge in [0.15, 0.2) is 0 Å². The van der Waals surface area contributed by atoms with Crippen LogP contribution in [0.2, 0.25) is 0 Å². The molecule has 0 aliphatic heterocycles. The fourth-order valence-electron chi connectivity index (χ4n) is 2.13. The Bertz CT molecular complexity index is 620. The lowest BCUT2D eigenvalue weighted by atomic mass is 10.1. The number of rotatable bonds is 8. The van der Waals surface area contributed by atoms with Crippen LogP contribution in [0.1, 0.15) is 18.1 Å². The third-order valence-electron chi connectivity index (χ3n) is 3.43. The zero-order chi connectivity index (χ0) is 16.5. The van der Waals surface area contributed by atoms with Crippen LogP contribution in [0, 0.1) is 0 Å². The highest BCUT2D eigenvalue weighted by Crippen LogP contribution is 2.14. The third-order valence-corrected chi connectivity index (χ3v) is 3.43. The van der Waals surface area contributed by atoms with Crippen molar-refractivity contribution in [2.24, 2.45) is 0 Å². The Morgan fingerprint density at radius 3 is 2.43 bits per heavy atom. The first-order valence-corrected chi connectivity index (χ1v) is 7.71. The number of benzene rings is 2. The van der Waals surface area contributed by atoms with Gasteiger partial charge in [0.1, 0.15) is 24.7 Å². The zero-order valence-electron chi connectivity index (χ0n) is 13.6. The molecule has 0 N–H and O–H groups in total. The van der Waals surface area contributed by atoms with E-state index < -0.39 is 0 Å². The number of methoxy groups -OCH3 is 1. The largest absolute Gasteiger partial charge is 0.497 e. The molecule has 0 aliphatic carbocycles. The van der Waals surface area contributed by atoms with Gasteiger partial charge in [0, 0.05) is 0 Å². The molecule has 23 heavy (non-hydrogen) atoms. The molecule has 2 rings (SSSR count). The number of aryl methyl sites for hydroxylation is 1. The van der Waals surface area contributed by atoms with Crippen molar-refractivity contribution in [3.63, 3.8) is 0 Å². The maximum absolute atomic E-state index is 11.8. The van der Waals surface area contributed by atoms with E-state index in [1.54, 1.807) is 7.11 Å². The van der Waals surface area contributed by atoms with E-state index in [2.05, 4.69) is 13.0 Å². The normalized spacial score (nSPS) is 10.2. The minimum Gasteiger partial charge on any atom is -0.497 e. The molecule has 0 unspecified atom stereocenters. The van der Waals surface area contributed by atoms with Gasteiger partial charge < -0.3 is 14.2 Å². The molecule has 122 valence electrons. The molecule has 0 radical (unpaired) electrons. The molecular formula is C19H22O4. The number of carbonyl (C=O) groups excluding carboxylic acids is 1. The minimum atomic E-state index is -0.263. The van der Waals surface area contributed by atoms with E-state index in [4.69, 9.17) is 14.2 Å². The van der Waals surface area contributed by atoms with Crippen molar-refractivity contribution < 1.29 is 19.0 Å². The fraction of sp³-hybridized carbons (Fsp3) is 0.316. The van der Waals surface area contributed by atoms with Gasteiger partial charge in [0.2, 0.25) is 0 Å². The predicted octanol–water partition coefficient (Wildman–Crippen LogP) is 3.42. The van der Waals surface area contributed by atoms with Crippen LogP contribution >= 0.6 is 0 Å². The van der Waals surface area contributed by atoms with Crippen LogP contribution in [0.3, 0.4) is 0 Å². The molecule has 4 nitrogen and oxygen atoms in total. The molecule has 0 saturated carbocycles. The van der Waals surface area contributed by atoms with E-state index in [1.165, 1.54) is 5.56 Å². The van der Waals surface area contributed by atoms with Gasteiger partial charge >= 0.3 is 5.97 Å². The number of carbonyl (C=O) groups is 1. The van der Waals surface area contributed by atoms with Crippen molar-refractivity contribution in [1.82, 2.24) is 0 Å². The highest BCUT2D eigenvalue weighted by Gasteiger charge is 2.05. The Labute approximate surface area is 137 Å². The van der Waals surface area contributed by atoms with Crippen molar-refractivity contribution in [3.8, 4) is 11.5 Å². The summed E-state index contributed by atoms with van der Waals surface area (Å²) in [4.78, 5) is 11.8. The van der Waals surface area contributed by atoms with E-state index in [0.717, 1.165) is 23.5 Å². The Morgan fingerprint density at radius 1 is 0.957 bits per heavy atom. The predicted molar refractivity (Wildman–Crippen MR) is 89.0 cm³/mol. The zero-order valence-corrected chi connectivity index (χ0v) is 13.6. The van der Waals surface area contributed by atoms with Crippen LogP contribution < -0.4 is 9.47 Å². The molecule has 0 bridgehead atoms. The highest BCUT2D eigenvalue weighted by molar-refractivity contribution is 5.72. The summed E-state index contributed by atoms with van der Waals surface area (Å²) in [7, 11) is 1.61. The molecular weight excluding hydrogens is 292 g/mol. The van der Waals surface area contributed by atoms with Gasteiger partial charge in [-0.15, -0.1) is 0 Å². The van der Waals surface area contributed by atoms with Crippen LogP contribution in [-0.2, 0) is 22.4 Å². The first kappa shape index (κ1) is 16.9. The Morgan fingerprint density at radius 2 is 1.74 bits per heavy atom. The van der Waals surface area contributed by atoms with Crippen molar-refractivity contribution in [3.05, 3.63) is 59.7 Å². The van der Waals surface area contributed by atoms with E-state index in [1.807, 2.05) is 42.5 Å². The molecule has 2 aromatic rings. The molecule has 0 fully saturated rings. The summed E-state index contributed by atoms with van der Waals surface area (Å²) in [5, 5.41) is 0. The average Bonchev–Trinajstić information content (AvgIpc) is 2.59. The summed E-state index contributed by atoms with van der Waals surface area (Å²) in [5.41, 5.74) is 2.12. The van der Waals surface area contributed by atoms with Crippen LogP contribution in [-0.4, -0.2) is 26.3 Å². The molecule has 0 aromatic heterocycles. The molecule has 0 saturated heterocycles. The number of hydrogen-bond acceptors (Lipinski definition) is 4. The van der Waals surface area contributed by atoms with Gasteiger partial charge in [-0.1, -0.05) is 31.2 Å². The minimum absolute atomic E-state index is 0.241. The summed E-state index contributed by atoms with van der Waals surface area (Å²) >= 11 is 0. The summed E-state index contributed by atoms with van der Waals surface area (Å²) in [5.74, 6) is 1.31. The van der Waals surface area contributed by atoms with Crippen LogP contribution in [0.4, 0.5) is 0 Å². The van der Waals surface area contributed by atoms with Gasteiger partial charge in [-0.25, -0.2) is 0 Å².